The maximum atomic E-state index is 11.6. The maximum absolute atomic E-state index is 11.6. The number of carbonyl (C=O) groups is 1. The summed E-state index contributed by atoms with van der Waals surface area (Å²) in [6.07, 6.45) is -0.140. The number of nitriles is 1. The molecule has 2 aliphatic heterocycles. The number of nitrogens with zero attached hydrogens (tertiary/aromatic N) is 3. The van der Waals surface area contributed by atoms with E-state index in [1.807, 2.05) is 12.1 Å². The Balaban J connectivity index is 1.77. The molecule has 26 heavy (non-hydrogen) atoms. The van der Waals surface area contributed by atoms with Crippen LogP contribution in [-0.2, 0) is 11.2 Å². The summed E-state index contributed by atoms with van der Waals surface area (Å²) >= 11 is 0. The van der Waals surface area contributed by atoms with Gasteiger partial charge in [-0.1, -0.05) is 32.9 Å². The zero-order chi connectivity index (χ0) is 18.9. The fourth-order valence-electron chi connectivity index (χ4n) is 4.04. The lowest BCUT2D eigenvalue weighted by molar-refractivity contribution is -0.0209. The Hall–Kier alpha value is -2.10. The molecule has 0 radical (unpaired) electrons. The van der Waals surface area contributed by atoms with Crippen LogP contribution in [0.25, 0.3) is 0 Å². The van der Waals surface area contributed by atoms with Crippen molar-refractivity contribution >= 4 is 6.09 Å². The normalized spacial score (nSPS) is 24.0. The summed E-state index contributed by atoms with van der Waals surface area (Å²) in [5.74, 6) is 0. The molecular formula is C20H27N3O3. The molecule has 1 aromatic carbocycles. The molecule has 6 nitrogen and oxygen atoms in total. The quantitative estimate of drug-likeness (QED) is 0.881. The van der Waals surface area contributed by atoms with Gasteiger partial charge >= 0.3 is 6.09 Å². The first kappa shape index (κ1) is 18.7. The first-order valence-corrected chi connectivity index (χ1v) is 9.16. The molecule has 1 N–H and O–H groups in total. The Kier molecular flexibility index (Phi) is 5.22. The summed E-state index contributed by atoms with van der Waals surface area (Å²) in [7, 11) is 0. The molecule has 3 rings (SSSR count). The number of rotatable bonds is 2. The van der Waals surface area contributed by atoms with Gasteiger partial charge in [0.25, 0.3) is 0 Å². The zero-order valence-corrected chi connectivity index (χ0v) is 15.7. The third-order valence-electron chi connectivity index (χ3n) is 5.48. The van der Waals surface area contributed by atoms with Crippen molar-refractivity contribution in [3.63, 3.8) is 0 Å². The van der Waals surface area contributed by atoms with Crippen molar-refractivity contribution in [2.24, 2.45) is 5.41 Å². The Morgan fingerprint density at radius 3 is 2.81 bits per heavy atom. The van der Waals surface area contributed by atoms with Gasteiger partial charge in [0, 0.05) is 26.2 Å². The molecule has 0 saturated carbocycles. The molecule has 0 bridgehead atoms. The lowest BCUT2D eigenvalue weighted by atomic mass is 9.84. The van der Waals surface area contributed by atoms with Crippen LogP contribution in [0, 0.1) is 16.7 Å². The fourth-order valence-corrected chi connectivity index (χ4v) is 4.04. The summed E-state index contributed by atoms with van der Waals surface area (Å²) in [4.78, 5) is 15.5. The number of benzene rings is 1. The van der Waals surface area contributed by atoms with Crippen molar-refractivity contribution in [2.45, 2.75) is 39.3 Å². The highest BCUT2D eigenvalue weighted by atomic mass is 16.5. The zero-order valence-electron chi connectivity index (χ0n) is 15.7. The number of ether oxygens (including phenoxy) is 1. The Morgan fingerprint density at radius 2 is 2.15 bits per heavy atom. The number of carboxylic acid groups (broad SMARTS) is 1. The summed E-state index contributed by atoms with van der Waals surface area (Å²) in [5, 5.41) is 18.9. The topological polar surface area (TPSA) is 76.8 Å². The van der Waals surface area contributed by atoms with E-state index in [2.05, 4.69) is 37.8 Å². The van der Waals surface area contributed by atoms with E-state index in [0.717, 1.165) is 29.7 Å². The van der Waals surface area contributed by atoms with Crippen molar-refractivity contribution in [3.8, 4) is 6.07 Å². The van der Waals surface area contributed by atoms with Gasteiger partial charge in [-0.05, 0) is 29.0 Å². The fraction of sp³-hybridized carbons (Fsp3) is 0.600. The highest BCUT2D eigenvalue weighted by Gasteiger charge is 2.39. The van der Waals surface area contributed by atoms with Gasteiger partial charge in [-0.3, -0.25) is 4.90 Å². The maximum Gasteiger partial charge on any atom is 0.407 e. The largest absolute Gasteiger partial charge is 0.465 e. The van der Waals surface area contributed by atoms with E-state index in [1.54, 1.807) is 4.90 Å². The average Bonchev–Trinajstić information content (AvgIpc) is 2.60. The molecule has 2 heterocycles. The van der Waals surface area contributed by atoms with E-state index in [-0.39, 0.29) is 17.6 Å². The number of fused-ring (bicyclic) bond motifs is 1. The van der Waals surface area contributed by atoms with Crippen LogP contribution in [0.2, 0.25) is 0 Å². The van der Waals surface area contributed by atoms with E-state index in [9.17, 15) is 15.2 Å². The number of piperazine rings is 1. The van der Waals surface area contributed by atoms with E-state index < -0.39 is 6.09 Å². The van der Waals surface area contributed by atoms with Crippen molar-refractivity contribution in [3.05, 3.63) is 34.9 Å². The third kappa shape index (κ3) is 3.69. The summed E-state index contributed by atoms with van der Waals surface area (Å²) in [5.41, 5.74) is 2.81. The number of hydrogen-bond donors (Lipinski definition) is 1. The molecular weight excluding hydrogens is 330 g/mol. The van der Waals surface area contributed by atoms with Crippen LogP contribution in [0.1, 0.15) is 43.6 Å². The smallest absolute Gasteiger partial charge is 0.407 e. The second-order valence-corrected chi connectivity index (χ2v) is 8.21. The highest BCUT2D eigenvalue weighted by molar-refractivity contribution is 5.65. The summed E-state index contributed by atoms with van der Waals surface area (Å²) < 4.78 is 6.02. The standard InChI is InChI=1S/C20H27N3O3/c1-20(2,3)18-13-22(8-9-23(18)19(24)25)12-17-16-6-4-5-14(11-21)15(16)7-10-26-17/h4-6,17-18H,7-10,12-13H2,1-3H3,(H,24,25). The van der Waals surface area contributed by atoms with Crippen LogP contribution in [0.5, 0.6) is 0 Å². The minimum atomic E-state index is -0.845. The van der Waals surface area contributed by atoms with Crippen molar-refractivity contribution in [2.75, 3.05) is 32.8 Å². The van der Waals surface area contributed by atoms with Crippen LogP contribution in [0.3, 0.4) is 0 Å². The molecule has 0 aliphatic carbocycles. The molecule has 0 spiro atoms. The van der Waals surface area contributed by atoms with Crippen molar-refractivity contribution < 1.29 is 14.6 Å². The molecule has 2 unspecified atom stereocenters. The third-order valence-corrected chi connectivity index (χ3v) is 5.48. The number of hydrogen-bond acceptors (Lipinski definition) is 4. The monoisotopic (exact) mass is 357 g/mol. The molecule has 0 aromatic heterocycles. The predicted molar refractivity (Wildman–Crippen MR) is 98.0 cm³/mol. The van der Waals surface area contributed by atoms with Gasteiger partial charge in [-0.15, -0.1) is 0 Å². The van der Waals surface area contributed by atoms with Crippen LogP contribution in [0.4, 0.5) is 4.79 Å². The minimum Gasteiger partial charge on any atom is -0.465 e. The van der Waals surface area contributed by atoms with Gasteiger partial charge in [0.1, 0.15) is 0 Å². The molecule has 2 aliphatic rings. The van der Waals surface area contributed by atoms with E-state index in [4.69, 9.17) is 4.74 Å². The molecule has 1 fully saturated rings. The Labute approximate surface area is 155 Å². The van der Waals surface area contributed by atoms with Gasteiger partial charge in [0.2, 0.25) is 0 Å². The second-order valence-electron chi connectivity index (χ2n) is 8.21. The Bertz CT molecular complexity index is 720. The van der Waals surface area contributed by atoms with Gasteiger partial charge in [0.15, 0.2) is 0 Å². The van der Waals surface area contributed by atoms with E-state index in [0.29, 0.717) is 26.2 Å². The summed E-state index contributed by atoms with van der Waals surface area (Å²) in [6, 6.07) is 8.06. The lowest BCUT2D eigenvalue weighted by Gasteiger charge is -2.46. The van der Waals surface area contributed by atoms with Crippen LogP contribution < -0.4 is 0 Å². The van der Waals surface area contributed by atoms with Crippen LogP contribution in [0.15, 0.2) is 18.2 Å². The lowest BCUT2D eigenvalue weighted by Crippen LogP contribution is -2.59. The molecule has 2 atom stereocenters. The molecule has 6 heteroatoms. The van der Waals surface area contributed by atoms with Crippen molar-refractivity contribution in [1.29, 1.82) is 5.26 Å². The van der Waals surface area contributed by atoms with Gasteiger partial charge in [-0.25, -0.2) is 4.79 Å². The first-order valence-electron chi connectivity index (χ1n) is 9.16. The van der Waals surface area contributed by atoms with Crippen LogP contribution in [-0.4, -0.2) is 59.8 Å². The predicted octanol–water partition coefficient (Wildman–Crippen LogP) is 2.88. The average molecular weight is 357 g/mol. The minimum absolute atomic E-state index is 0.0535. The van der Waals surface area contributed by atoms with Gasteiger partial charge < -0.3 is 14.7 Å². The van der Waals surface area contributed by atoms with Crippen molar-refractivity contribution in [1.82, 2.24) is 9.80 Å². The summed E-state index contributed by atoms with van der Waals surface area (Å²) in [6.45, 7) is 9.51. The van der Waals surface area contributed by atoms with Gasteiger partial charge in [0.05, 0.1) is 30.4 Å². The SMILES string of the molecule is CC(C)(C)C1CN(CC2OCCc3c(C#N)cccc32)CCN1C(=O)O. The second kappa shape index (κ2) is 7.26. The van der Waals surface area contributed by atoms with E-state index >= 15 is 0 Å². The molecule has 140 valence electrons. The van der Waals surface area contributed by atoms with E-state index in [1.165, 1.54) is 0 Å². The molecule has 1 saturated heterocycles. The Morgan fingerprint density at radius 1 is 1.38 bits per heavy atom. The first-order chi connectivity index (χ1) is 12.3. The molecule has 1 aromatic rings. The van der Waals surface area contributed by atoms with Crippen LogP contribution >= 0.6 is 0 Å². The number of amides is 1. The highest BCUT2D eigenvalue weighted by Crippen LogP contribution is 2.32. The van der Waals surface area contributed by atoms with Gasteiger partial charge in [-0.2, -0.15) is 5.26 Å². The molecule has 1 amide bonds.